The number of likely N-dealkylation sites (tertiary alicyclic amines) is 1. The molecule has 0 N–H and O–H groups in total. The molecule has 0 aromatic carbocycles. The minimum atomic E-state index is 0.00259. The van der Waals surface area contributed by atoms with E-state index in [-0.39, 0.29) is 18.0 Å². The van der Waals surface area contributed by atoms with E-state index in [1.165, 1.54) is 6.42 Å². The van der Waals surface area contributed by atoms with Gasteiger partial charge in [-0.3, -0.25) is 9.48 Å². The van der Waals surface area contributed by atoms with E-state index in [1.807, 2.05) is 11.8 Å². The summed E-state index contributed by atoms with van der Waals surface area (Å²) in [4.78, 5) is 14.6. The van der Waals surface area contributed by atoms with Gasteiger partial charge in [-0.25, -0.2) is 0 Å². The molecule has 0 saturated carbocycles. The van der Waals surface area contributed by atoms with E-state index in [1.54, 1.807) is 11.7 Å². The maximum Gasteiger partial charge on any atom is 0.274 e. The zero-order chi connectivity index (χ0) is 13.4. The molecule has 2 atom stereocenters. The molecule has 100 valence electrons. The molecule has 18 heavy (non-hydrogen) atoms. The summed E-state index contributed by atoms with van der Waals surface area (Å²) in [5, 5.41) is 4.69. The Bertz CT molecular complexity index is 459. The molecule has 1 saturated heterocycles. The molecule has 4 nitrogen and oxygen atoms in total. The van der Waals surface area contributed by atoms with Gasteiger partial charge in [0.05, 0.1) is 10.7 Å². The quantitative estimate of drug-likeness (QED) is 0.786. The molecule has 0 radical (unpaired) electrons. The molecule has 0 spiro atoms. The lowest BCUT2D eigenvalue weighted by Gasteiger charge is -2.39. The van der Waals surface area contributed by atoms with Crippen molar-refractivity contribution in [3.8, 4) is 0 Å². The highest BCUT2D eigenvalue weighted by atomic mass is 35.5. The highest BCUT2D eigenvalue weighted by molar-refractivity contribution is 6.34. The van der Waals surface area contributed by atoms with Crippen LogP contribution in [0.4, 0.5) is 0 Å². The summed E-state index contributed by atoms with van der Waals surface area (Å²) in [5.74, 6) is 0.00259. The Morgan fingerprint density at radius 1 is 1.33 bits per heavy atom. The van der Waals surface area contributed by atoms with E-state index in [0.717, 1.165) is 12.8 Å². The Balaban J connectivity index is 2.35. The number of aromatic nitrogens is 2. The molecule has 0 aliphatic carbocycles. The average molecular weight is 270 g/mol. The van der Waals surface area contributed by atoms with Gasteiger partial charge in [0.2, 0.25) is 0 Å². The van der Waals surface area contributed by atoms with Gasteiger partial charge >= 0.3 is 0 Å². The number of piperidine rings is 1. The lowest BCUT2D eigenvalue weighted by Crippen LogP contribution is -2.48. The number of rotatable bonds is 1. The van der Waals surface area contributed by atoms with Crippen LogP contribution in [0.5, 0.6) is 0 Å². The van der Waals surface area contributed by atoms with Crippen LogP contribution in [0.3, 0.4) is 0 Å². The SMILES string of the molecule is Cc1nn(C)c(C(=O)N2[C@@H](C)CCC[C@@H]2C)c1Cl. The summed E-state index contributed by atoms with van der Waals surface area (Å²) in [5.41, 5.74) is 1.22. The summed E-state index contributed by atoms with van der Waals surface area (Å²) < 4.78 is 1.59. The summed E-state index contributed by atoms with van der Waals surface area (Å²) >= 11 is 6.19. The van der Waals surface area contributed by atoms with Gasteiger partial charge in [0.25, 0.3) is 5.91 Å². The van der Waals surface area contributed by atoms with Gasteiger partial charge in [-0.05, 0) is 40.0 Å². The lowest BCUT2D eigenvalue weighted by molar-refractivity contribution is 0.0499. The number of amides is 1. The molecule has 2 heterocycles. The minimum Gasteiger partial charge on any atom is -0.332 e. The predicted molar refractivity (Wildman–Crippen MR) is 71.9 cm³/mol. The van der Waals surface area contributed by atoms with Crippen LogP contribution in [-0.4, -0.2) is 32.7 Å². The van der Waals surface area contributed by atoms with E-state index < -0.39 is 0 Å². The molecular formula is C13H20ClN3O. The maximum atomic E-state index is 12.7. The van der Waals surface area contributed by atoms with Crippen LogP contribution in [0.2, 0.25) is 5.02 Å². The van der Waals surface area contributed by atoms with Gasteiger partial charge < -0.3 is 4.90 Å². The third kappa shape index (κ3) is 2.14. The number of aryl methyl sites for hydroxylation is 2. The van der Waals surface area contributed by atoms with Crippen LogP contribution in [0.25, 0.3) is 0 Å². The van der Waals surface area contributed by atoms with Crippen molar-refractivity contribution in [3.05, 3.63) is 16.4 Å². The van der Waals surface area contributed by atoms with Crippen LogP contribution in [0.1, 0.15) is 49.3 Å². The number of halogens is 1. The van der Waals surface area contributed by atoms with Crippen molar-refractivity contribution in [2.45, 2.75) is 52.1 Å². The second kappa shape index (κ2) is 4.92. The molecule has 2 rings (SSSR count). The fraction of sp³-hybridized carbons (Fsp3) is 0.692. The molecule has 0 bridgehead atoms. The van der Waals surface area contributed by atoms with Crippen molar-refractivity contribution < 1.29 is 4.79 Å². The fourth-order valence-corrected chi connectivity index (χ4v) is 3.05. The summed E-state index contributed by atoms with van der Waals surface area (Å²) in [6.07, 6.45) is 3.30. The smallest absolute Gasteiger partial charge is 0.274 e. The van der Waals surface area contributed by atoms with Crippen LogP contribution < -0.4 is 0 Å². The third-order valence-corrected chi connectivity index (χ3v) is 4.23. The molecule has 1 aliphatic heterocycles. The predicted octanol–water partition coefficient (Wildman–Crippen LogP) is 2.79. The van der Waals surface area contributed by atoms with Gasteiger partial charge in [-0.15, -0.1) is 0 Å². The third-order valence-electron chi connectivity index (χ3n) is 3.78. The van der Waals surface area contributed by atoms with E-state index in [4.69, 9.17) is 11.6 Å². The normalized spacial score (nSPS) is 24.4. The minimum absolute atomic E-state index is 0.00259. The Labute approximate surface area is 113 Å². The zero-order valence-corrected chi connectivity index (χ0v) is 12.2. The van der Waals surface area contributed by atoms with Crippen LogP contribution in [-0.2, 0) is 7.05 Å². The van der Waals surface area contributed by atoms with E-state index in [0.29, 0.717) is 16.4 Å². The first-order chi connectivity index (χ1) is 8.43. The first kappa shape index (κ1) is 13.4. The van der Waals surface area contributed by atoms with Gasteiger partial charge in [0.1, 0.15) is 5.69 Å². The Kier molecular flexibility index (Phi) is 3.66. The second-order valence-electron chi connectivity index (χ2n) is 5.21. The van der Waals surface area contributed by atoms with Crippen molar-refractivity contribution in [1.29, 1.82) is 0 Å². The molecule has 1 aromatic rings. The molecule has 1 aliphatic rings. The Hall–Kier alpha value is -1.03. The monoisotopic (exact) mass is 269 g/mol. The standard InChI is InChI=1S/C13H20ClN3O/c1-8-6-5-7-9(2)17(8)13(18)12-11(14)10(3)15-16(12)4/h8-9H,5-7H2,1-4H3/t8-,9-/m0/s1. The van der Waals surface area contributed by atoms with Gasteiger partial charge in [-0.2, -0.15) is 5.10 Å². The van der Waals surface area contributed by atoms with Gasteiger partial charge in [0.15, 0.2) is 0 Å². The van der Waals surface area contributed by atoms with E-state index in [9.17, 15) is 4.79 Å². The Morgan fingerprint density at radius 2 is 1.89 bits per heavy atom. The number of hydrogen-bond acceptors (Lipinski definition) is 2. The topological polar surface area (TPSA) is 38.1 Å². The highest BCUT2D eigenvalue weighted by Gasteiger charge is 2.32. The molecule has 5 heteroatoms. The van der Waals surface area contributed by atoms with Crippen molar-refractivity contribution in [3.63, 3.8) is 0 Å². The number of nitrogens with zero attached hydrogens (tertiary/aromatic N) is 3. The van der Waals surface area contributed by atoms with Crippen molar-refractivity contribution in [1.82, 2.24) is 14.7 Å². The molecular weight excluding hydrogens is 250 g/mol. The summed E-state index contributed by atoms with van der Waals surface area (Å²) in [7, 11) is 1.77. The number of carbonyl (C=O) groups is 1. The van der Waals surface area contributed by atoms with E-state index in [2.05, 4.69) is 18.9 Å². The van der Waals surface area contributed by atoms with Crippen LogP contribution in [0, 0.1) is 6.92 Å². The fourth-order valence-electron chi connectivity index (χ4n) is 2.81. The lowest BCUT2D eigenvalue weighted by atomic mass is 9.97. The maximum absolute atomic E-state index is 12.7. The first-order valence-electron chi connectivity index (χ1n) is 6.45. The summed E-state index contributed by atoms with van der Waals surface area (Å²) in [6, 6.07) is 0.542. The van der Waals surface area contributed by atoms with Gasteiger partial charge in [0, 0.05) is 19.1 Å². The largest absolute Gasteiger partial charge is 0.332 e. The molecule has 1 amide bonds. The summed E-state index contributed by atoms with van der Waals surface area (Å²) in [6.45, 7) is 6.03. The number of hydrogen-bond donors (Lipinski definition) is 0. The molecule has 0 unspecified atom stereocenters. The van der Waals surface area contributed by atoms with E-state index >= 15 is 0 Å². The van der Waals surface area contributed by atoms with Crippen molar-refractivity contribution in [2.75, 3.05) is 0 Å². The molecule has 1 fully saturated rings. The van der Waals surface area contributed by atoms with Crippen LogP contribution in [0.15, 0.2) is 0 Å². The highest BCUT2D eigenvalue weighted by Crippen LogP contribution is 2.27. The van der Waals surface area contributed by atoms with Crippen LogP contribution >= 0.6 is 11.6 Å². The van der Waals surface area contributed by atoms with Crippen molar-refractivity contribution >= 4 is 17.5 Å². The molecule has 1 aromatic heterocycles. The van der Waals surface area contributed by atoms with Gasteiger partial charge in [-0.1, -0.05) is 11.6 Å². The number of carbonyl (C=O) groups excluding carboxylic acids is 1. The second-order valence-corrected chi connectivity index (χ2v) is 5.59. The van der Waals surface area contributed by atoms with Crippen molar-refractivity contribution in [2.24, 2.45) is 7.05 Å². The zero-order valence-electron chi connectivity index (χ0n) is 11.4. The Morgan fingerprint density at radius 3 is 2.33 bits per heavy atom. The average Bonchev–Trinajstić information content (AvgIpc) is 2.52. The first-order valence-corrected chi connectivity index (χ1v) is 6.83.